The van der Waals surface area contributed by atoms with Crippen LogP contribution in [0.25, 0.3) is 3.58 Å². The standard InChI is InChI=1S/C11H11I.C3H8.C2H6/c1-3-6-11(12)10-8-5-4-7-9(10)2;1-3-2;1-2/h3-8H,1H2,2H3;3H2,1-2H3;1-2H3/b11-6+;;. The third-order valence-corrected chi connectivity index (χ3v) is 2.61. The summed E-state index contributed by atoms with van der Waals surface area (Å²) in [5.41, 5.74) is 2.60. The van der Waals surface area contributed by atoms with Crippen LogP contribution in [0.4, 0.5) is 0 Å². The van der Waals surface area contributed by atoms with Crippen LogP contribution in [0.1, 0.15) is 45.2 Å². The largest absolute Gasteiger partial charge is 0.0990 e. The average molecular weight is 344 g/mol. The van der Waals surface area contributed by atoms with Crippen molar-refractivity contribution in [1.29, 1.82) is 0 Å². The topological polar surface area (TPSA) is 0 Å². The van der Waals surface area contributed by atoms with Gasteiger partial charge in [0, 0.05) is 3.58 Å². The Morgan fingerprint density at radius 2 is 1.71 bits per heavy atom. The van der Waals surface area contributed by atoms with E-state index in [1.165, 1.54) is 21.1 Å². The molecular formula is C16H25I. The Labute approximate surface area is 121 Å². The zero-order valence-electron chi connectivity index (χ0n) is 11.8. The fraction of sp³-hybridized carbons (Fsp3) is 0.375. The zero-order chi connectivity index (χ0) is 13.7. The highest BCUT2D eigenvalue weighted by Gasteiger charge is 1.98. The third kappa shape index (κ3) is 9.16. The molecule has 0 radical (unpaired) electrons. The molecule has 17 heavy (non-hydrogen) atoms. The molecule has 0 nitrogen and oxygen atoms in total. The van der Waals surface area contributed by atoms with Crippen LogP contribution < -0.4 is 0 Å². The minimum absolute atomic E-state index is 1.24. The molecule has 0 fully saturated rings. The van der Waals surface area contributed by atoms with Gasteiger partial charge >= 0.3 is 0 Å². The van der Waals surface area contributed by atoms with Crippen LogP contribution in [0.5, 0.6) is 0 Å². The molecule has 0 aliphatic carbocycles. The maximum absolute atomic E-state index is 3.67. The first-order valence-electron chi connectivity index (χ1n) is 6.21. The van der Waals surface area contributed by atoms with Crippen molar-refractivity contribution >= 4 is 26.2 Å². The fourth-order valence-corrected chi connectivity index (χ4v) is 1.89. The maximum Gasteiger partial charge on any atom is 0.0205 e. The molecule has 0 heterocycles. The Balaban J connectivity index is 0. The Hall–Kier alpha value is -0.570. The van der Waals surface area contributed by atoms with Crippen LogP contribution in [0.2, 0.25) is 0 Å². The lowest BCUT2D eigenvalue weighted by Gasteiger charge is -2.02. The number of halogens is 1. The highest BCUT2D eigenvalue weighted by molar-refractivity contribution is 14.1. The van der Waals surface area contributed by atoms with Crippen molar-refractivity contribution in [2.24, 2.45) is 0 Å². The lowest BCUT2D eigenvalue weighted by molar-refractivity contribution is 1.09. The molecule has 96 valence electrons. The van der Waals surface area contributed by atoms with Crippen LogP contribution in [0.15, 0.2) is 43.0 Å². The van der Waals surface area contributed by atoms with E-state index in [2.05, 4.69) is 74.2 Å². The van der Waals surface area contributed by atoms with E-state index in [4.69, 9.17) is 0 Å². The van der Waals surface area contributed by atoms with E-state index in [0.717, 1.165) is 0 Å². The van der Waals surface area contributed by atoms with Crippen molar-refractivity contribution < 1.29 is 0 Å². The summed E-state index contributed by atoms with van der Waals surface area (Å²) in [6.07, 6.45) is 5.08. The van der Waals surface area contributed by atoms with Gasteiger partial charge in [-0.15, -0.1) is 0 Å². The minimum Gasteiger partial charge on any atom is -0.0990 e. The predicted molar refractivity (Wildman–Crippen MR) is 90.7 cm³/mol. The molecule has 1 aromatic carbocycles. The summed E-state index contributed by atoms with van der Waals surface area (Å²) in [5, 5.41) is 0. The molecule has 0 atom stereocenters. The van der Waals surface area contributed by atoms with Crippen molar-refractivity contribution in [3.8, 4) is 0 Å². The minimum atomic E-state index is 1.24. The summed E-state index contributed by atoms with van der Waals surface area (Å²) >= 11 is 2.32. The molecule has 0 bridgehead atoms. The van der Waals surface area contributed by atoms with Crippen LogP contribution in [0.3, 0.4) is 0 Å². The molecule has 0 saturated carbocycles. The van der Waals surface area contributed by atoms with Crippen LogP contribution in [-0.4, -0.2) is 0 Å². The van der Waals surface area contributed by atoms with Crippen molar-refractivity contribution in [2.45, 2.75) is 41.0 Å². The number of rotatable bonds is 2. The Morgan fingerprint density at radius 1 is 1.24 bits per heavy atom. The van der Waals surface area contributed by atoms with Crippen LogP contribution in [-0.2, 0) is 0 Å². The smallest absolute Gasteiger partial charge is 0.0205 e. The van der Waals surface area contributed by atoms with Gasteiger partial charge < -0.3 is 0 Å². The highest BCUT2D eigenvalue weighted by atomic mass is 127. The first kappa shape index (κ1) is 18.8. The van der Waals surface area contributed by atoms with Gasteiger partial charge in [0.1, 0.15) is 0 Å². The summed E-state index contributed by atoms with van der Waals surface area (Å²) in [5.74, 6) is 0. The predicted octanol–water partition coefficient (Wildman–Crippen LogP) is 6.40. The van der Waals surface area contributed by atoms with E-state index in [9.17, 15) is 0 Å². The SMILES string of the molecule is C=C/C=C(/I)c1ccccc1C.CC.CCC. The van der Waals surface area contributed by atoms with E-state index < -0.39 is 0 Å². The Bertz CT molecular complexity index is 324. The van der Waals surface area contributed by atoms with Crippen molar-refractivity contribution in [2.75, 3.05) is 0 Å². The average Bonchev–Trinajstić information content (AvgIpc) is 2.33. The molecule has 1 heteroatoms. The van der Waals surface area contributed by atoms with Gasteiger partial charge in [-0.05, 0) is 46.7 Å². The van der Waals surface area contributed by atoms with Gasteiger partial charge in [0.05, 0.1) is 0 Å². The molecule has 0 spiro atoms. The van der Waals surface area contributed by atoms with Crippen molar-refractivity contribution in [1.82, 2.24) is 0 Å². The van der Waals surface area contributed by atoms with E-state index in [1.807, 2.05) is 26.0 Å². The number of benzene rings is 1. The summed E-state index contributed by atoms with van der Waals surface area (Å²) in [6.45, 7) is 14.0. The molecule has 0 amide bonds. The van der Waals surface area contributed by atoms with Gasteiger partial charge in [-0.3, -0.25) is 0 Å². The number of hydrogen-bond acceptors (Lipinski definition) is 0. The fourth-order valence-electron chi connectivity index (χ4n) is 1.03. The van der Waals surface area contributed by atoms with Crippen LogP contribution in [0, 0.1) is 6.92 Å². The van der Waals surface area contributed by atoms with Gasteiger partial charge in [-0.2, -0.15) is 0 Å². The highest BCUT2D eigenvalue weighted by Crippen LogP contribution is 2.24. The van der Waals surface area contributed by atoms with Gasteiger partial charge in [0.2, 0.25) is 0 Å². The van der Waals surface area contributed by atoms with Crippen molar-refractivity contribution in [3.63, 3.8) is 0 Å². The molecule has 0 N–H and O–H groups in total. The molecule has 1 aromatic rings. The van der Waals surface area contributed by atoms with E-state index in [0.29, 0.717) is 0 Å². The van der Waals surface area contributed by atoms with Gasteiger partial charge in [-0.25, -0.2) is 0 Å². The second-order valence-electron chi connectivity index (χ2n) is 3.27. The first-order valence-corrected chi connectivity index (χ1v) is 7.29. The number of allylic oxidation sites excluding steroid dienone is 2. The molecule has 0 aliphatic rings. The second-order valence-corrected chi connectivity index (χ2v) is 4.43. The lowest BCUT2D eigenvalue weighted by atomic mass is 10.1. The van der Waals surface area contributed by atoms with Crippen molar-refractivity contribution in [3.05, 3.63) is 54.1 Å². The molecule has 1 rings (SSSR count). The van der Waals surface area contributed by atoms with E-state index in [-0.39, 0.29) is 0 Å². The van der Waals surface area contributed by atoms with Gasteiger partial charge in [0.25, 0.3) is 0 Å². The molecule has 0 saturated heterocycles. The number of hydrogen-bond donors (Lipinski definition) is 0. The first-order chi connectivity index (χ1) is 8.17. The molecule has 0 aliphatic heterocycles. The molecule has 0 unspecified atom stereocenters. The van der Waals surface area contributed by atoms with Gasteiger partial charge in [0.15, 0.2) is 0 Å². The Morgan fingerprint density at radius 3 is 2.12 bits per heavy atom. The second kappa shape index (κ2) is 13.5. The summed E-state index contributed by atoms with van der Waals surface area (Å²) in [6, 6.07) is 8.34. The quantitative estimate of drug-likeness (QED) is 0.430. The molecular weight excluding hydrogens is 319 g/mol. The monoisotopic (exact) mass is 344 g/mol. The molecule has 0 aromatic heterocycles. The normalized spacial score (nSPS) is 9.41. The van der Waals surface area contributed by atoms with Crippen LogP contribution >= 0.6 is 22.6 Å². The Kier molecular flexibility index (Phi) is 14.9. The zero-order valence-corrected chi connectivity index (χ0v) is 13.9. The summed E-state index contributed by atoms with van der Waals surface area (Å²) in [7, 11) is 0. The summed E-state index contributed by atoms with van der Waals surface area (Å²) < 4.78 is 1.24. The maximum atomic E-state index is 3.67. The van der Waals surface area contributed by atoms with E-state index in [1.54, 1.807) is 0 Å². The van der Waals surface area contributed by atoms with E-state index >= 15 is 0 Å². The lowest BCUT2D eigenvalue weighted by Crippen LogP contribution is -1.81. The van der Waals surface area contributed by atoms with Gasteiger partial charge in [-0.1, -0.05) is 71.0 Å². The third-order valence-electron chi connectivity index (χ3n) is 1.67. The number of aryl methyl sites for hydroxylation is 1. The summed E-state index contributed by atoms with van der Waals surface area (Å²) in [4.78, 5) is 0.